The number of hydrogen-bond acceptors (Lipinski definition) is 4. The molecular formula is C9H13FN2O2. The highest BCUT2D eigenvalue weighted by atomic mass is 19.1. The van der Waals surface area contributed by atoms with Crippen LogP contribution in [0.3, 0.4) is 0 Å². The Bertz CT molecular complexity index is 342. The van der Waals surface area contributed by atoms with Gasteiger partial charge in [-0.1, -0.05) is 0 Å². The highest BCUT2D eigenvalue weighted by Gasteiger charge is 2.16. The SMILES string of the molecule is COc1cc(N)c(F)c(CN)c1OC. The van der Waals surface area contributed by atoms with E-state index in [0.29, 0.717) is 11.5 Å². The number of hydrogen-bond donors (Lipinski definition) is 2. The van der Waals surface area contributed by atoms with Crippen LogP contribution in [0, 0.1) is 5.82 Å². The van der Waals surface area contributed by atoms with E-state index in [4.69, 9.17) is 20.9 Å². The summed E-state index contributed by atoms with van der Waals surface area (Å²) in [6.07, 6.45) is 0. The number of nitrogen functional groups attached to an aromatic ring is 1. The smallest absolute Gasteiger partial charge is 0.168 e. The first-order valence-corrected chi connectivity index (χ1v) is 4.04. The van der Waals surface area contributed by atoms with Gasteiger partial charge in [-0.15, -0.1) is 0 Å². The zero-order valence-electron chi connectivity index (χ0n) is 8.13. The summed E-state index contributed by atoms with van der Waals surface area (Å²) in [4.78, 5) is 0. The van der Waals surface area contributed by atoms with E-state index in [1.807, 2.05) is 0 Å². The quantitative estimate of drug-likeness (QED) is 0.711. The molecule has 0 aliphatic rings. The van der Waals surface area contributed by atoms with Crippen LogP contribution in [0.4, 0.5) is 10.1 Å². The van der Waals surface area contributed by atoms with E-state index in [2.05, 4.69) is 0 Å². The van der Waals surface area contributed by atoms with Crippen molar-refractivity contribution >= 4 is 5.69 Å². The summed E-state index contributed by atoms with van der Waals surface area (Å²) in [6.45, 7) is 0.0103. The molecule has 4 nitrogen and oxygen atoms in total. The zero-order valence-corrected chi connectivity index (χ0v) is 8.13. The Labute approximate surface area is 81.6 Å². The van der Waals surface area contributed by atoms with Crippen molar-refractivity contribution in [1.29, 1.82) is 0 Å². The van der Waals surface area contributed by atoms with Crippen LogP contribution in [0.25, 0.3) is 0 Å². The van der Waals surface area contributed by atoms with Gasteiger partial charge in [0.25, 0.3) is 0 Å². The van der Waals surface area contributed by atoms with Gasteiger partial charge in [0.1, 0.15) is 0 Å². The van der Waals surface area contributed by atoms with Crippen molar-refractivity contribution in [3.8, 4) is 11.5 Å². The van der Waals surface area contributed by atoms with Crippen molar-refractivity contribution in [3.05, 3.63) is 17.4 Å². The molecule has 0 amide bonds. The van der Waals surface area contributed by atoms with Crippen LogP contribution in [0.5, 0.6) is 11.5 Å². The van der Waals surface area contributed by atoms with Gasteiger partial charge >= 0.3 is 0 Å². The van der Waals surface area contributed by atoms with Gasteiger partial charge in [-0.05, 0) is 0 Å². The molecule has 0 bridgehead atoms. The molecule has 5 heteroatoms. The van der Waals surface area contributed by atoms with Crippen LogP contribution in [0.15, 0.2) is 6.07 Å². The van der Waals surface area contributed by atoms with Gasteiger partial charge in [0.2, 0.25) is 0 Å². The average Bonchev–Trinajstić information content (AvgIpc) is 2.20. The molecule has 0 aliphatic heterocycles. The van der Waals surface area contributed by atoms with Gasteiger partial charge in [0, 0.05) is 18.2 Å². The average molecular weight is 200 g/mol. The molecule has 78 valence electrons. The fraction of sp³-hybridized carbons (Fsp3) is 0.333. The lowest BCUT2D eigenvalue weighted by Gasteiger charge is -2.13. The van der Waals surface area contributed by atoms with Gasteiger partial charge in [0.05, 0.1) is 19.9 Å². The third-order valence-electron chi connectivity index (χ3n) is 1.93. The number of benzene rings is 1. The van der Waals surface area contributed by atoms with Crippen molar-refractivity contribution < 1.29 is 13.9 Å². The number of anilines is 1. The molecule has 0 aliphatic carbocycles. The van der Waals surface area contributed by atoms with Crippen LogP contribution >= 0.6 is 0 Å². The molecule has 0 fully saturated rings. The molecule has 0 heterocycles. The van der Waals surface area contributed by atoms with Crippen LogP contribution < -0.4 is 20.9 Å². The Kier molecular flexibility index (Phi) is 3.14. The molecule has 0 saturated carbocycles. The number of rotatable bonds is 3. The van der Waals surface area contributed by atoms with Crippen molar-refractivity contribution in [3.63, 3.8) is 0 Å². The van der Waals surface area contributed by atoms with Crippen LogP contribution in [0.2, 0.25) is 0 Å². The topological polar surface area (TPSA) is 70.5 Å². The summed E-state index contributed by atoms with van der Waals surface area (Å²) < 4.78 is 23.4. The van der Waals surface area contributed by atoms with Crippen molar-refractivity contribution in [1.82, 2.24) is 0 Å². The monoisotopic (exact) mass is 200 g/mol. The minimum absolute atomic E-state index is 0.00287. The third-order valence-corrected chi connectivity index (χ3v) is 1.93. The fourth-order valence-electron chi connectivity index (χ4n) is 1.25. The summed E-state index contributed by atoms with van der Waals surface area (Å²) in [5.41, 5.74) is 11.0. The van der Waals surface area contributed by atoms with E-state index >= 15 is 0 Å². The standard InChI is InChI=1S/C9H13FN2O2/c1-13-7-3-6(12)8(10)5(4-11)9(7)14-2/h3H,4,11-12H2,1-2H3. The molecule has 0 spiro atoms. The number of ether oxygens (including phenoxy) is 2. The lowest BCUT2D eigenvalue weighted by atomic mass is 10.1. The lowest BCUT2D eigenvalue weighted by Crippen LogP contribution is -2.07. The van der Waals surface area contributed by atoms with Crippen LogP contribution in [0.1, 0.15) is 5.56 Å². The van der Waals surface area contributed by atoms with E-state index in [9.17, 15) is 4.39 Å². The predicted molar refractivity (Wildman–Crippen MR) is 51.8 cm³/mol. The first-order chi connectivity index (χ1) is 6.65. The number of methoxy groups -OCH3 is 2. The zero-order chi connectivity index (χ0) is 10.7. The van der Waals surface area contributed by atoms with Gasteiger partial charge in [-0.2, -0.15) is 0 Å². The number of halogens is 1. The normalized spacial score (nSPS) is 10.0. The van der Waals surface area contributed by atoms with Gasteiger partial charge in [-0.3, -0.25) is 0 Å². The largest absolute Gasteiger partial charge is 0.493 e. The van der Waals surface area contributed by atoms with E-state index in [0.717, 1.165) is 0 Å². The molecule has 0 unspecified atom stereocenters. The Balaban J connectivity index is 3.42. The second-order valence-corrected chi connectivity index (χ2v) is 2.70. The van der Waals surface area contributed by atoms with Crippen LogP contribution in [-0.4, -0.2) is 14.2 Å². The molecular weight excluding hydrogens is 187 g/mol. The Morgan fingerprint density at radius 2 is 2.00 bits per heavy atom. The van der Waals surface area contributed by atoms with E-state index in [1.165, 1.54) is 20.3 Å². The minimum atomic E-state index is -0.551. The van der Waals surface area contributed by atoms with Crippen molar-refractivity contribution in [2.45, 2.75) is 6.54 Å². The van der Waals surface area contributed by atoms with Gasteiger partial charge < -0.3 is 20.9 Å². The Hall–Kier alpha value is -1.49. The van der Waals surface area contributed by atoms with E-state index in [-0.39, 0.29) is 17.8 Å². The summed E-state index contributed by atoms with van der Waals surface area (Å²) in [7, 11) is 2.88. The van der Waals surface area contributed by atoms with E-state index in [1.54, 1.807) is 0 Å². The molecule has 14 heavy (non-hydrogen) atoms. The second-order valence-electron chi connectivity index (χ2n) is 2.70. The second kappa shape index (κ2) is 4.15. The summed E-state index contributed by atoms with van der Waals surface area (Å²) in [5.74, 6) is 0.124. The molecule has 0 aromatic heterocycles. The summed E-state index contributed by atoms with van der Waals surface area (Å²) >= 11 is 0. The Morgan fingerprint density at radius 1 is 1.36 bits per heavy atom. The Morgan fingerprint density at radius 3 is 2.43 bits per heavy atom. The molecule has 0 radical (unpaired) electrons. The van der Waals surface area contributed by atoms with Crippen LogP contribution in [-0.2, 0) is 6.54 Å². The molecule has 4 N–H and O–H groups in total. The number of nitrogens with two attached hydrogens (primary N) is 2. The van der Waals surface area contributed by atoms with Crippen molar-refractivity contribution in [2.75, 3.05) is 20.0 Å². The first-order valence-electron chi connectivity index (χ1n) is 4.04. The van der Waals surface area contributed by atoms with E-state index < -0.39 is 5.82 Å². The van der Waals surface area contributed by atoms with Gasteiger partial charge in [0.15, 0.2) is 17.3 Å². The maximum Gasteiger partial charge on any atom is 0.168 e. The fourth-order valence-corrected chi connectivity index (χ4v) is 1.25. The van der Waals surface area contributed by atoms with Crippen molar-refractivity contribution in [2.24, 2.45) is 5.73 Å². The molecule has 0 saturated heterocycles. The maximum absolute atomic E-state index is 13.4. The highest BCUT2D eigenvalue weighted by Crippen LogP contribution is 2.35. The molecule has 1 rings (SSSR count). The lowest BCUT2D eigenvalue weighted by molar-refractivity contribution is 0.348. The molecule has 1 aromatic carbocycles. The predicted octanol–water partition coefficient (Wildman–Crippen LogP) is 0.884. The highest BCUT2D eigenvalue weighted by molar-refractivity contribution is 5.58. The maximum atomic E-state index is 13.4. The first kappa shape index (κ1) is 10.6. The summed E-state index contributed by atoms with van der Waals surface area (Å²) in [5, 5.41) is 0. The summed E-state index contributed by atoms with van der Waals surface area (Å²) in [6, 6.07) is 1.37. The third kappa shape index (κ3) is 1.58. The molecule has 0 atom stereocenters. The van der Waals surface area contributed by atoms with Gasteiger partial charge in [-0.25, -0.2) is 4.39 Å². The molecule has 1 aromatic rings. The minimum Gasteiger partial charge on any atom is -0.493 e.